The van der Waals surface area contributed by atoms with E-state index < -0.39 is 0 Å². The predicted molar refractivity (Wildman–Crippen MR) is 69.0 cm³/mol. The standard InChI is InChI=1S/C15H24/c1-12(2)15-10-8-13(3)6-5-7-14(4)9-11-15/h6,9H,5,7-8,10-11H2,1-4H3/b13-6-,14-9-. The van der Waals surface area contributed by atoms with Crippen molar-refractivity contribution in [3.05, 3.63) is 34.4 Å². The Labute approximate surface area is 94.8 Å². The monoisotopic (exact) mass is 204 g/mol. The van der Waals surface area contributed by atoms with Gasteiger partial charge in [0.25, 0.3) is 0 Å². The summed E-state index contributed by atoms with van der Waals surface area (Å²) >= 11 is 0. The Kier molecular flexibility index (Phi) is 4.87. The van der Waals surface area contributed by atoms with Gasteiger partial charge in [0.1, 0.15) is 0 Å². The lowest BCUT2D eigenvalue weighted by Crippen LogP contribution is -1.91. The molecule has 0 atom stereocenters. The fourth-order valence-corrected chi connectivity index (χ4v) is 1.95. The van der Waals surface area contributed by atoms with Gasteiger partial charge < -0.3 is 0 Å². The first-order chi connectivity index (χ1) is 7.09. The van der Waals surface area contributed by atoms with E-state index in [4.69, 9.17) is 0 Å². The van der Waals surface area contributed by atoms with Crippen molar-refractivity contribution in [1.29, 1.82) is 0 Å². The van der Waals surface area contributed by atoms with Gasteiger partial charge >= 0.3 is 0 Å². The Hall–Kier alpha value is -0.780. The number of rotatable bonds is 0. The molecule has 15 heavy (non-hydrogen) atoms. The molecule has 0 unspecified atom stereocenters. The lowest BCUT2D eigenvalue weighted by Gasteiger charge is -2.11. The van der Waals surface area contributed by atoms with Gasteiger partial charge in [-0.3, -0.25) is 0 Å². The van der Waals surface area contributed by atoms with Crippen LogP contribution in [0.4, 0.5) is 0 Å². The molecule has 1 aliphatic rings. The molecule has 0 fully saturated rings. The van der Waals surface area contributed by atoms with E-state index in [1.165, 1.54) is 37.7 Å². The van der Waals surface area contributed by atoms with Gasteiger partial charge in [0.2, 0.25) is 0 Å². The van der Waals surface area contributed by atoms with Crippen molar-refractivity contribution in [3.8, 4) is 0 Å². The van der Waals surface area contributed by atoms with E-state index in [2.05, 4.69) is 39.8 Å². The van der Waals surface area contributed by atoms with Crippen molar-refractivity contribution in [2.75, 3.05) is 0 Å². The van der Waals surface area contributed by atoms with Gasteiger partial charge in [0.05, 0.1) is 0 Å². The number of hydrogen-bond acceptors (Lipinski definition) is 0. The lowest BCUT2D eigenvalue weighted by atomic mass is 9.95. The van der Waals surface area contributed by atoms with Gasteiger partial charge in [-0.15, -0.1) is 0 Å². The van der Waals surface area contributed by atoms with Crippen molar-refractivity contribution < 1.29 is 0 Å². The average molecular weight is 204 g/mol. The molecular weight excluding hydrogens is 180 g/mol. The first kappa shape index (κ1) is 12.3. The van der Waals surface area contributed by atoms with E-state index in [1.807, 2.05) is 0 Å². The van der Waals surface area contributed by atoms with Crippen LogP contribution in [-0.2, 0) is 0 Å². The maximum Gasteiger partial charge on any atom is -0.0134 e. The van der Waals surface area contributed by atoms with E-state index in [-0.39, 0.29) is 0 Å². The summed E-state index contributed by atoms with van der Waals surface area (Å²) in [6.07, 6.45) is 10.9. The van der Waals surface area contributed by atoms with E-state index in [1.54, 1.807) is 16.7 Å². The van der Waals surface area contributed by atoms with Gasteiger partial charge in [-0.25, -0.2) is 0 Å². The molecule has 0 amide bonds. The summed E-state index contributed by atoms with van der Waals surface area (Å²) in [5.74, 6) is 0. The smallest absolute Gasteiger partial charge is 0.0134 e. The molecule has 84 valence electrons. The predicted octanol–water partition coefficient (Wildman–Crippen LogP) is 5.18. The molecule has 1 aliphatic carbocycles. The van der Waals surface area contributed by atoms with E-state index in [9.17, 15) is 0 Å². The summed E-state index contributed by atoms with van der Waals surface area (Å²) in [6, 6.07) is 0. The van der Waals surface area contributed by atoms with E-state index in [0.717, 1.165) is 0 Å². The second-order valence-corrected chi connectivity index (χ2v) is 4.95. The van der Waals surface area contributed by atoms with Gasteiger partial charge in [0, 0.05) is 0 Å². The largest absolute Gasteiger partial charge is 0.0853 e. The van der Waals surface area contributed by atoms with Crippen molar-refractivity contribution in [3.63, 3.8) is 0 Å². The molecule has 0 radical (unpaired) electrons. The van der Waals surface area contributed by atoms with Gasteiger partial charge in [-0.05, 0) is 59.8 Å². The van der Waals surface area contributed by atoms with Crippen LogP contribution in [0.5, 0.6) is 0 Å². The molecular formula is C15H24. The summed E-state index contributed by atoms with van der Waals surface area (Å²) in [6.45, 7) is 9.00. The molecule has 0 saturated heterocycles. The van der Waals surface area contributed by atoms with Crippen LogP contribution in [0.15, 0.2) is 34.4 Å². The molecule has 0 heterocycles. The summed E-state index contributed by atoms with van der Waals surface area (Å²) < 4.78 is 0. The molecule has 0 spiro atoms. The highest BCUT2D eigenvalue weighted by atomic mass is 14.1. The molecule has 0 nitrogen and oxygen atoms in total. The third kappa shape index (κ3) is 4.51. The third-order valence-corrected chi connectivity index (χ3v) is 3.26. The van der Waals surface area contributed by atoms with Crippen molar-refractivity contribution >= 4 is 0 Å². The second-order valence-electron chi connectivity index (χ2n) is 4.95. The van der Waals surface area contributed by atoms with Crippen LogP contribution >= 0.6 is 0 Å². The Bertz CT molecular complexity index is 296. The van der Waals surface area contributed by atoms with Crippen LogP contribution in [0, 0.1) is 0 Å². The minimum Gasteiger partial charge on any atom is -0.0853 e. The SMILES string of the molecule is CC(C)=C1C/C=C(/C)CC/C=C(/C)CC1. The normalized spacial score (nSPS) is 26.3. The lowest BCUT2D eigenvalue weighted by molar-refractivity contribution is 0.844. The highest BCUT2D eigenvalue weighted by Gasteiger charge is 2.02. The second kappa shape index (κ2) is 5.95. The van der Waals surface area contributed by atoms with Gasteiger partial charge in [-0.2, -0.15) is 0 Å². The first-order valence-corrected chi connectivity index (χ1v) is 6.06. The minimum absolute atomic E-state index is 1.17. The summed E-state index contributed by atoms with van der Waals surface area (Å²) in [4.78, 5) is 0. The van der Waals surface area contributed by atoms with Crippen LogP contribution in [0.2, 0.25) is 0 Å². The highest BCUT2D eigenvalue weighted by molar-refractivity contribution is 5.18. The molecule has 0 aliphatic heterocycles. The van der Waals surface area contributed by atoms with Gasteiger partial charge in [0.15, 0.2) is 0 Å². The maximum absolute atomic E-state index is 2.41. The molecule has 0 N–H and O–H groups in total. The topological polar surface area (TPSA) is 0 Å². The van der Waals surface area contributed by atoms with Crippen LogP contribution in [0.25, 0.3) is 0 Å². The zero-order valence-electron chi connectivity index (χ0n) is 10.7. The molecule has 0 aromatic rings. The average Bonchev–Trinajstić information content (AvgIpc) is 2.16. The molecule has 0 heteroatoms. The van der Waals surface area contributed by atoms with Crippen LogP contribution in [0.1, 0.15) is 59.8 Å². The molecule has 0 aromatic carbocycles. The summed E-state index contributed by atoms with van der Waals surface area (Å²) in [5.41, 5.74) is 6.24. The van der Waals surface area contributed by atoms with E-state index >= 15 is 0 Å². The highest BCUT2D eigenvalue weighted by Crippen LogP contribution is 2.22. The summed E-state index contributed by atoms with van der Waals surface area (Å²) in [5, 5.41) is 0. The van der Waals surface area contributed by atoms with Crippen LogP contribution in [0.3, 0.4) is 0 Å². The Balaban J connectivity index is 2.80. The van der Waals surface area contributed by atoms with E-state index in [0.29, 0.717) is 0 Å². The molecule has 0 saturated carbocycles. The van der Waals surface area contributed by atoms with Gasteiger partial charge in [-0.1, -0.05) is 34.4 Å². The van der Waals surface area contributed by atoms with Crippen molar-refractivity contribution in [1.82, 2.24) is 0 Å². The minimum atomic E-state index is 1.17. The Morgan fingerprint density at radius 2 is 1.60 bits per heavy atom. The Morgan fingerprint density at radius 3 is 2.27 bits per heavy atom. The zero-order chi connectivity index (χ0) is 11.3. The third-order valence-electron chi connectivity index (χ3n) is 3.26. The quantitative estimate of drug-likeness (QED) is 0.477. The van der Waals surface area contributed by atoms with Crippen LogP contribution in [-0.4, -0.2) is 0 Å². The molecule has 0 aromatic heterocycles. The number of allylic oxidation sites excluding steroid dienone is 6. The summed E-state index contributed by atoms with van der Waals surface area (Å²) in [7, 11) is 0. The maximum atomic E-state index is 2.41. The van der Waals surface area contributed by atoms with Crippen LogP contribution < -0.4 is 0 Å². The Morgan fingerprint density at radius 1 is 0.933 bits per heavy atom. The molecule has 0 bridgehead atoms. The first-order valence-electron chi connectivity index (χ1n) is 6.06. The van der Waals surface area contributed by atoms with Crippen molar-refractivity contribution in [2.24, 2.45) is 0 Å². The zero-order valence-corrected chi connectivity index (χ0v) is 10.7. The fraction of sp³-hybridized carbons (Fsp3) is 0.600. The van der Waals surface area contributed by atoms with Crippen molar-refractivity contribution in [2.45, 2.75) is 59.8 Å². The fourth-order valence-electron chi connectivity index (χ4n) is 1.95. The molecule has 1 rings (SSSR count). The number of hydrogen-bond donors (Lipinski definition) is 0.